The number of epoxide rings is 1. The molecule has 0 spiro atoms. The van der Waals surface area contributed by atoms with Gasteiger partial charge in [0.05, 0.1) is 13.7 Å². The van der Waals surface area contributed by atoms with Gasteiger partial charge in [-0.1, -0.05) is 11.6 Å². The van der Waals surface area contributed by atoms with E-state index in [0.29, 0.717) is 18.1 Å². The van der Waals surface area contributed by atoms with Crippen LogP contribution in [0, 0.1) is 0 Å². The van der Waals surface area contributed by atoms with Crippen LogP contribution in [0.3, 0.4) is 0 Å². The van der Waals surface area contributed by atoms with Crippen molar-refractivity contribution in [2.75, 3.05) is 20.3 Å². The summed E-state index contributed by atoms with van der Waals surface area (Å²) in [4.78, 5) is 11.3. The van der Waals surface area contributed by atoms with Gasteiger partial charge in [0.2, 0.25) is 5.79 Å². The molecule has 0 amide bonds. The predicted octanol–water partition coefficient (Wildman–Crippen LogP) is 3.57. The Balaban J connectivity index is 1.84. The molecular weight excluding hydrogens is 296 g/mol. The standard InChI is InChI=1S/C15H19ClO5/c1-3-19-14(17)21-15(10-20-15)8-4-5-11-9-12(16)6-7-13(11)18-2/h6-7,9H,3-5,8,10H2,1-2H3. The van der Waals surface area contributed by atoms with Gasteiger partial charge in [-0.25, -0.2) is 4.79 Å². The lowest BCUT2D eigenvalue weighted by atomic mass is 10.1. The predicted molar refractivity (Wildman–Crippen MR) is 77.7 cm³/mol. The number of rotatable bonds is 7. The summed E-state index contributed by atoms with van der Waals surface area (Å²) in [6.07, 6.45) is 1.48. The molecule has 6 heteroatoms. The fourth-order valence-electron chi connectivity index (χ4n) is 2.12. The molecule has 1 fully saturated rings. The summed E-state index contributed by atoms with van der Waals surface area (Å²) in [6.45, 7) is 2.43. The van der Waals surface area contributed by atoms with Crippen molar-refractivity contribution in [1.29, 1.82) is 0 Å². The molecule has 1 aromatic carbocycles. The lowest BCUT2D eigenvalue weighted by molar-refractivity contribution is -0.0378. The van der Waals surface area contributed by atoms with Gasteiger partial charge in [-0.15, -0.1) is 0 Å². The van der Waals surface area contributed by atoms with Crippen LogP contribution in [0.5, 0.6) is 5.75 Å². The Morgan fingerprint density at radius 1 is 1.48 bits per heavy atom. The Bertz CT molecular complexity index is 499. The second kappa shape index (κ2) is 7.00. The SMILES string of the molecule is CCOC(=O)OC1(CCCc2cc(Cl)ccc2OC)CO1. The Morgan fingerprint density at radius 3 is 2.86 bits per heavy atom. The van der Waals surface area contributed by atoms with Gasteiger partial charge < -0.3 is 18.9 Å². The molecule has 0 radical (unpaired) electrons. The van der Waals surface area contributed by atoms with E-state index in [1.807, 2.05) is 12.1 Å². The van der Waals surface area contributed by atoms with E-state index < -0.39 is 11.9 Å². The van der Waals surface area contributed by atoms with Crippen molar-refractivity contribution >= 4 is 17.8 Å². The first-order chi connectivity index (χ1) is 10.1. The molecular formula is C15H19ClO5. The van der Waals surface area contributed by atoms with Crippen molar-refractivity contribution in [2.45, 2.75) is 32.0 Å². The summed E-state index contributed by atoms with van der Waals surface area (Å²) in [6, 6.07) is 5.52. The van der Waals surface area contributed by atoms with Gasteiger partial charge in [-0.3, -0.25) is 0 Å². The summed E-state index contributed by atoms with van der Waals surface area (Å²) >= 11 is 5.99. The molecule has 1 atom stereocenters. The van der Waals surface area contributed by atoms with Gasteiger partial charge in [0.25, 0.3) is 0 Å². The molecule has 116 valence electrons. The fourth-order valence-corrected chi connectivity index (χ4v) is 2.32. The summed E-state index contributed by atoms with van der Waals surface area (Å²) in [7, 11) is 1.63. The van der Waals surface area contributed by atoms with Crippen LogP contribution in [0.15, 0.2) is 18.2 Å². The van der Waals surface area contributed by atoms with E-state index in [0.717, 1.165) is 24.2 Å². The molecule has 0 bridgehead atoms. The van der Waals surface area contributed by atoms with Crippen LogP contribution in [0.1, 0.15) is 25.3 Å². The fraction of sp³-hybridized carbons (Fsp3) is 0.533. The normalized spacial score (nSPS) is 20.0. The molecule has 0 aromatic heterocycles. The number of carbonyl (C=O) groups excluding carboxylic acids is 1. The maximum absolute atomic E-state index is 11.3. The van der Waals surface area contributed by atoms with Gasteiger partial charge in [0, 0.05) is 11.4 Å². The first kappa shape index (κ1) is 15.9. The molecule has 1 heterocycles. The van der Waals surface area contributed by atoms with Crippen LogP contribution >= 0.6 is 11.6 Å². The average Bonchev–Trinajstić information content (AvgIpc) is 3.19. The van der Waals surface area contributed by atoms with Crippen LogP contribution in [0.4, 0.5) is 4.79 Å². The molecule has 1 aliphatic heterocycles. The molecule has 0 N–H and O–H groups in total. The van der Waals surface area contributed by atoms with E-state index in [-0.39, 0.29) is 6.61 Å². The third kappa shape index (κ3) is 4.51. The van der Waals surface area contributed by atoms with E-state index in [2.05, 4.69) is 0 Å². The lowest BCUT2D eigenvalue weighted by Gasteiger charge is -2.13. The monoisotopic (exact) mass is 314 g/mol. The highest BCUT2D eigenvalue weighted by Crippen LogP contribution is 2.35. The maximum atomic E-state index is 11.3. The molecule has 21 heavy (non-hydrogen) atoms. The molecule has 1 unspecified atom stereocenters. The van der Waals surface area contributed by atoms with Crippen LogP contribution in [0.25, 0.3) is 0 Å². The molecule has 5 nitrogen and oxygen atoms in total. The third-order valence-electron chi connectivity index (χ3n) is 3.24. The largest absolute Gasteiger partial charge is 0.510 e. The second-order valence-electron chi connectivity index (χ2n) is 4.79. The van der Waals surface area contributed by atoms with Gasteiger partial charge in [-0.05, 0) is 43.5 Å². The van der Waals surface area contributed by atoms with Crippen molar-refractivity contribution in [3.63, 3.8) is 0 Å². The Labute approximate surface area is 129 Å². The number of ether oxygens (including phenoxy) is 4. The topological polar surface area (TPSA) is 57.3 Å². The van der Waals surface area contributed by atoms with Crippen molar-refractivity contribution in [1.82, 2.24) is 0 Å². The van der Waals surface area contributed by atoms with E-state index in [1.165, 1.54) is 0 Å². The highest BCUT2D eigenvalue weighted by Gasteiger charge is 2.49. The van der Waals surface area contributed by atoms with E-state index in [1.54, 1.807) is 20.1 Å². The average molecular weight is 315 g/mol. The second-order valence-corrected chi connectivity index (χ2v) is 5.23. The smallest absolute Gasteiger partial charge is 0.496 e. The molecule has 0 aliphatic carbocycles. The maximum Gasteiger partial charge on any atom is 0.510 e. The zero-order chi connectivity index (χ0) is 15.3. The van der Waals surface area contributed by atoms with E-state index in [4.69, 9.17) is 30.5 Å². The summed E-state index contributed by atoms with van der Waals surface area (Å²) in [5.74, 6) is -0.00518. The highest BCUT2D eigenvalue weighted by molar-refractivity contribution is 6.30. The number of halogens is 1. The van der Waals surface area contributed by atoms with Gasteiger partial charge in [0.1, 0.15) is 12.4 Å². The highest BCUT2D eigenvalue weighted by atomic mass is 35.5. The molecule has 2 rings (SSSR count). The van der Waals surface area contributed by atoms with Crippen LogP contribution in [-0.4, -0.2) is 32.3 Å². The van der Waals surface area contributed by atoms with Crippen LogP contribution in [-0.2, 0) is 20.6 Å². The Kier molecular flexibility index (Phi) is 5.31. The number of benzene rings is 1. The Morgan fingerprint density at radius 2 is 2.24 bits per heavy atom. The minimum absolute atomic E-state index is 0.286. The van der Waals surface area contributed by atoms with Gasteiger partial charge in [-0.2, -0.15) is 0 Å². The molecule has 1 saturated heterocycles. The number of carbonyl (C=O) groups is 1. The van der Waals surface area contributed by atoms with Crippen molar-refractivity contribution in [2.24, 2.45) is 0 Å². The van der Waals surface area contributed by atoms with Crippen LogP contribution in [0.2, 0.25) is 5.02 Å². The Hall–Kier alpha value is -1.46. The quantitative estimate of drug-likeness (QED) is 0.569. The minimum Gasteiger partial charge on any atom is -0.496 e. The number of methoxy groups -OCH3 is 1. The first-order valence-corrected chi connectivity index (χ1v) is 7.28. The lowest BCUT2D eigenvalue weighted by Crippen LogP contribution is -2.22. The summed E-state index contributed by atoms with van der Waals surface area (Å²) in [5.41, 5.74) is 1.02. The van der Waals surface area contributed by atoms with Crippen molar-refractivity contribution in [3.8, 4) is 5.75 Å². The van der Waals surface area contributed by atoms with Crippen molar-refractivity contribution in [3.05, 3.63) is 28.8 Å². The van der Waals surface area contributed by atoms with Gasteiger partial charge in [0.15, 0.2) is 0 Å². The molecule has 1 aliphatic rings. The zero-order valence-corrected chi connectivity index (χ0v) is 12.9. The number of hydrogen-bond acceptors (Lipinski definition) is 5. The molecule has 0 saturated carbocycles. The number of aryl methyl sites for hydroxylation is 1. The molecule has 1 aromatic rings. The number of hydrogen-bond donors (Lipinski definition) is 0. The minimum atomic E-state index is -0.807. The third-order valence-corrected chi connectivity index (χ3v) is 3.48. The van der Waals surface area contributed by atoms with Crippen molar-refractivity contribution < 1.29 is 23.7 Å². The van der Waals surface area contributed by atoms with Gasteiger partial charge >= 0.3 is 6.16 Å². The van der Waals surface area contributed by atoms with E-state index in [9.17, 15) is 4.79 Å². The summed E-state index contributed by atoms with van der Waals surface area (Å²) < 4.78 is 20.5. The van der Waals surface area contributed by atoms with Crippen LogP contribution < -0.4 is 4.74 Å². The first-order valence-electron chi connectivity index (χ1n) is 6.91. The zero-order valence-electron chi connectivity index (χ0n) is 12.2. The van der Waals surface area contributed by atoms with E-state index >= 15 is 0 Å². The summed E-state index contributed by atoms with van der Waals surface area (Å²) in [5, 5.41) is 0.672.